The van der Waals surface area contributed by atoms with E-state index in [2.05, 4.69) is 4.74 Å². The SMILES string of the molecule is COC(=O)c1cc(C(C)=O)n2c(C)csc12. The fraction of sp³-hybridized carbons (Fsp3) is 0.273. The maximum Gasteiger partial charge on any atom is 0.340 e. The van der Waals surface area contributed by atoms with Crippen molar-refractivity contribution in [2.24, 2.45) is 0 Å². The van der Waals surface area contributed by atoms with Gasteiger partial charge in [0.25, 0.3) is 0 Å². The van der Waals surface area contributed by atoms with E-state index in [0.29, 0.717) is 11.3 Å². The lowest BCUT2D eigenvalue weighted by atomic mass is 10.2. The number of nitrogens with zero attached hydrogens (tertiary/aromatic N) is 1. The number of carbonyl (C=O) groups is 2. The van der Waals surface area contributed by atoms with Gasteiger partial charge in [-0.05, 0) is 13.0 Å². The highest BCUT2D eigenvalue weighted by molar-refractivity contribution is 7.16. The van der Waals surface area contributed by atoms with Crippen molar-refractivity contribution in [3.63, 3.8) is 0 Å². The molecule has 5 heteroatoms. The molecule has 0 aliphatic heterocycles. The van der Waals surface area contributed by atoms with E-state index in [9.17, 15) is 9.59 Å². The minimum Gasteiger partial charge on any atom is -0.465 e. The zero-order valence-electron chi connectivity index (χ0n) is 9.23. The van der Waals surface area contributed by atoms with E-state index in [1.54, 1.807) is 10.5 Å². The molecule has 0 saturated carbocycles. The van der Waals surface area contributed by atoms with E-state index in [-0.39, 0.29) is 5.78 Å². The van der Waals surface area contributed by atoms with E-state index in [1.807, 2.05) is 12.3 Å². The molecule has 0 atom stereocenters. The van der Waals surface area contributed by atoms with Gasteiger partial charge < -0.3 is 9.14 Å². The summed E-state index contributed by atoms with van der Waals surface area (Å²) < 4.78 is 6.48. The van der Waals surface area contributed by atoms with Crippen LogP contribution < -0.4 is 0 Å². The Labute approximate surface area is 96.5 Å². The number of Topliss-reactive ketones (excluding diaryl/α,β-unsaturated/α-hetero) is 1. The summed E-state index contributed by atoms with van der Waals surface area (Å²) in [7, 11) is 1.33. The Morgan fingerprint density at radius 2 is 2.12 bits per heavy atom. The van der Waals surface area contributed by atoms with Gasteiger partial charge in [-0.15, -0.1) is 11.3 Å². The molecule has 2 aromatic rings. The second kappa shape index (κ2) is 3.75. The van der Waals surface area contributed by atoms with Gasteiger partial charge in [0.15, 0.2) is 5.78 Å². The molecule has 2 aromatic heterocycles. The van der Waals surface area contributed by atoms with Crippen molar-refractivity contribution in [2.45, 2.75) is 13.8 Å². The predicted molar refractivity (Wildman–Crippen MR) is 61.4 cm³/mol. The predicted octanol–water partition coefficient (Wildman–Crippen LogP) is 2.30. The Morgan fingerprint density at radius 1 is 1.44 bits per heavy atom. The summed E-state index contributed by atoms with van der Waals surface area (Å²) in [6.07, 6.45) is 0. The Kier molecular flexibility index (Phi) is 2.55. The number of esters is 1. The van der Waals surface area contributed by atoms with Gasteiger partial charge in [0.1, 0.15) is 4.83 Å². The lowest BCUT2D eigenvalue weighted by Gasteiger charge is -1.95. The summed E-state index contributed by atoms with van der Waals surface area (Å²) in [6.45, 7) is 3.39. The van der Waals surface area contributed by atoms with Crippen molar-refractivity contribution in [3.8, 4) is 0 Å². The Hall–Kier alpha value is -1.62. The topological polar surface area (TPSA) is 47.8 Å². The Morgan fingerprint density at radius 3 is 2.69 bits per heavy atom. The molecule has 0 aliphatic rings. The zero-order valence-corrected chi connectivity index (χ0v) is 10.1. The van der Waals surface area contributed by atoms with Crippen LogP contribution in [0.2, 0.25) is 0 Å². The standard InChI is InChI=1S/C11H11NO3S/c1-6-5-16-10-8(11(14)15-3)4-9(7(2)13)12(6)10/h4-5H,1-3H3. The number of ether oxygens (including phenoxy) is 1. The van der Waals surface area contributed by atoms with Gasteiger partial charge in [-0.3, -0.25) is 4.79 Å². The number of hydrogen-bond donors (Lipinski definition) is 0. The Bertz CT molecular complexity index is 579. The number of hydrogen-bond acceptors (Lipinski definition) is 4. The molecule has 0 aliphatic carbocycles. The number of aromatic nitrogens is 1. The molecule has 0 saturated heterocycles. The van der Waals surface area contributed by atoms with Gasteiger partial charge in [0, 0.05) is 18.0 Å². The first-order chi connectivity index (χ1) is 7.56. The third-order valence-electron chi connectivity index (χ3n) is 2.42. The normalized spacial score (nSPS) is 10.7. The highest BCUT2D eigenvalue weighted by Crippen LogP contribution is 2.26. The molecule has 0 aromatic carbocycles. The molecule has 16 heavy (non-hydrogen) atoms. The van der Waals surface area contributed by atoms with Gasteiger partial charge in [0.2, 0.25) is 0 Å². The lowest BCUT2D eigenvalue weighted by molar-refractivity contribution is 0.0603. The molecule has 2 heterocycles. The van der Waals surface area contributed by atoms with E-state index in [1.165, 1.54) is 25.4 Å². The van der Waals surface area contributed by atoms with Crippen LogP contribution in [0.3, 0.4) is 0 Å². The summed E-state index contributed by atoms with van der Waals surface area (Å²) in [5.41, 5.74) is 1.92. The molecular formula is C11H11NO3S. The second-order valence-electron chi connectivity index (χ2n) is 3.51. The van der Waals surface area contributed by atoms with E-state index >= 15 is 0 Å². The number of methoxy groups -OCH3 is 1. The molecular weight excluding hydrogens is 226 g/mol. The monoisotopic (exact) mass is 237 g/mol. The number of ketones is 1. The van der Waals surface area contributed by atoms with Crippen LogP contribution in [0.4, 0.5) is 0 Å². The molecule has 0 unspecified atom stereocenters. The first-order valence-electron chi connectivity index (χ1n) is 4.75. The molecule has 0 amide bonds. The molecule has 0 spiro atoms. The van der Waals surface area contributed by atoms with Crippen molar-refractivity contribution in [2.75, 3.05) is 7.11 Å². The first-order valence-corrected chi connectivity index (χ1v) is 5.63. The average molecular weight is 237 g/mol. The summed E-state index contributed by atoms with van der Waals surface area (Å²) in [5.74, 6) is -0.474. The van der Waals surface area contributed by atoms with Crippen LogP contribution in [0.1, 0.15) is 33.5 Å². The summed E-state index contributed by atoms with van der Waals surface area (Å²) >= 11 is 1.43. The van der Waals surface area contributed by atoms with Gasteiger partial charge in [-0.2, -0.15) is 0 Å². The van der Waals surface area contributed by atoms with Crippen LogP contribution in [0, 0.1) is 6.92 Å². The molecule has 84 valence electrons. The fourth-order valence-corrected chi connectivity index (χ4v) is 2.67. The van der Waals surface area contributed by atoms with Crippen molar-refractivity contribution in [1.82, 2.24) is 4.40 Å². The minimum atomic E-state index is -0.410. The first kappa shape index (κ1) is 10.9. The fourth-order valence-electron chi connectivity index (χ4n) is 1.67. The largest absolute Gasteiger partial charge is 0.465 e. The zero-order chi connectivity index (χ0) is 11.9. The van der Waals surface area contributed by atoms with Crippen LogP contribution in [0.5, 0.6) is 0 Å². The molecule has 0 fully saturated rings. The lowest BCUT2D eigenvalue weighted by Crippen LogP contribution is -1.99. The second-order valence-corrected chi connectivity index (χ2v) is 4.37. The van der Waals surface area contributed by atoms with Gasteiger partial charge in [0.05, 0.1) is 18.4 Å². The maximum absolute atomic E-state index is 11.5. The average Bonchev–Trinajstić information content (AvgIpc) is 2.78. The number of aryl methyl sites for hydroxylation is 1. The highest BCUT2D eigenvalue weighted by atomic mass is 32.1. The molecule has 0 N–H and O–H groups in total. The van der Waals surface area contributed by atoms with E-state index in [0.717, 1.165) is 10.5 Å². The third-order valence-corrected chi connectivity index (χ3v) is 3.50. The summed E-state index contributed by atoms with van der Waals surface area (Å²) in [5, 5.41) is 1.91. The van der Waals surface area contributed by atoms with Crippen LogP contribution in [0.15, 0.2) is 11.4 Å². The summed E-state index contributed by atoms with van der Waals surface area (Å²) in [4.78, 5) is 23.8. The van der Waals surface area contributed by atoms with E-state index < -0.39 is 5.97 Å². The summed E-state index contributed by atoms with van der Waals surface area (Å²) in [6, 6.07) is 1.59. The van der Waals surface area contributed by atoms with Crippen molar-refractivity contribution < 1.29 is 14.3 Å². The Balaban J connectivity index is 2.78. The number of fused-ring (bicyclic) bond motifs is 1. The quantitative estimate of drug-likeness (QED) is 0.594. The number of rotatable bonds is 2. The molecule has 0 radical (unpaired) electrons. The highest BCUT2D eigenvalue weighted by Gasteiger charge is 2.20. The maximum atomic E-state index is 11.5. The number of carbonyl (C=O) groups excluding carboxylic acids is 2. The molecule has 4 nitrogen and oxygen atoms in total. The van der Waals surface area contributed by atoms with Gasteiger partial charge in [-0.25, -0.2) is 4.79 Å². The van der Waals surface area contributed by atoms with Crippen LogP contribution in [-0.4, -0.2) is 23.3 Å². The minimum absolute atomic E-state index is 0.0633. The van der Waals surface area contributed by atoms with Crippen LogP contribution >= 0.6 is 11.3 Å². The van der Waals surface area contributed by atoms with Crippen molar-refractivity contribution >= 4 is 27.9 Å². The number of thiazole rings is 1. The van der Waals surface area contributed by atoms with Crippen molar-refractivity contribution in [3.05, 3.63) is 28.4 Å². The molecule has 0 bridgehead atoms. The third kappa shape index (κ3) is 1.44. The smallest absolute Gasteiger partial charge is 0.340 e. The van der Waals surface area contributed by atoms with E-state index in [4.69, 9.17) is 0 Å². The van der Waals surface area contributed by atoms with Gasteiger partial charge in [-0.1, -0.05) is 0 Å². The van der Waals surface area contributed by atoms with Crippen LogP contribution in [0.25, 0.3) is 4.83 Å². The van der Waals surface area contributed by atoms with Gasteiger partial charge >= 0.3 is 5.97 Å². The van der Waals surface area contributed by atoms with Crippen molar-refractivity contribution in [1.29, 1.82) is 0 Å². The molecule has 2 rings (SSSR count). The van der Waals surface area contributed by atoms with Crippen LogP contribution in [-0.2, 0) is 4.74 Å².